The first kappa shape index (κ1) is 19.5. The standard InChI is InChI=1S/C20H24N2O7/c23-19(21-7-3-5-13-4-1-2-6-15(13)21)12-29-20(24)14-10-17-18(28-9-8-27-17)11-16(14)22(25)26/h10-11,13,15H,1-9,12H2/t13-,15+/m1/s1. The van der Waals surface area contributed by atoms with E-state index in [4.69, 9.17) is 14.2 Å². The summed E-state index contributed by atoms with van der Waals surface area (Å²) in [6.45, 7) is 0.811. The molecule has 1 aromatic rings. The molecule has 1 saturated heterocycles. The van der Waals surface area contributed by atoms with Crippen molar-refractivity contribution >= 4 is 17.6 Å². The van der Waals surface area contributed by atoms with Gasteiger partial charge in [0.05, 0.1) is 11.0 Å². The molecule has 1 aromatic carbocycles. The lowest BCUT2D eigenvalue weighted by atomic mass is 9.78. The molecule has 4 rings (SSSR count). The fourth-order valence-electron chi connectivity index (χ4n) is 4.61. The molecule has 3 aliphatic rings. The molecule has 0 N–H and O–H groups in total. The molecule has 0 spiro atoms. The van der Waals surface area contributed by atoms with Crippen LogP contribution >= 0.6 is 0 Å². The Bertz CT molecular complexity index is 823. The highest BCUT2D eigenvalue weighted by molar-refractivity contribution is 5.96. The van der Waals surface area contributed by atoms with Gasteiger partial charge < -0.3 is 19.1 Å². The predicted molar refractivity (Wildman–Crippen MR) is 101 cm³/mol. The maximum absolute atomic E-state index is 12.7. The van der Waals surface area contributed by atoms with Gasteiger partial charge in [0, 0.05) is 18.7 Å². The molecule has 156 valence electrons. The van der Waals surface area contributed by atoms with Crippen molar-refractivity contribution in [3.63, 3.8) is 0 Å². The number of hydrogen-bond acceptors (Lipinski definition) is 7. The summed E-state index contributed by atoms with van der Waals surface area (Å²) in [5, 5.41) is 11.4. The number of carbonyl (C=O) groups is 2. The van der Waals surface area contributed by atoms with Crippen molar-refractivity contribution < 1.29 is 28.7 Å². The summed E-state index contributed by atoms with van der Waals surface area (Å²) < 4.78 is 15.9. The number of esters is 1. The van der Waals surface area contributed by atoms with Crippen molar-refractivity contribution in [3.05, 3.63) is 27.8 Å². The molecule has 9 heteroatoms. The van der Waals surface area contributed by atoms with Crippen LogP contribution in [-0.2, 0) is 9.53 Å². The maximum Gasteiger partial charge on any atom is 0.345 e. The summed E-state index contributed by atoms with van der Waals surface area (Å²) in [4.78, 5) is 37.8. The number of ether oxygens (including phenoxy) is 3. The average Bonchev–Trinajstić information content (AvgIpc) is 2.75. The highest BCUT2D eigenvalue weighted by atomic mass is 16.6. The molecular formula is C20H24N2O7. The molecule has 2 fully saturated rings. The Hall–Kier alpha value is -2.84. The third-order valence-corrected chi connectivity index (χ3v) is 5.97. The summed E-state index contributed by atoms with van der Waals surface area (Å²) >= 11 is 0. The zero-order chi connectivity index (χ0) is 20.4. The first-order valence-corrected chi connectivity index (χ1v) is 10.1. The minimum Gasteiger partial charge on any atom is -0.486 e. The number of likely N-dealkylation sites (tertiary alicyclic amines) is 1. The molecule has 1 amide bonds. The lowest BCUT2D eigenvalue weighted by Crippen LogP contribution is -2.50. The van der Waals surface area contributed by atoms with E-state index in [9.17, 15) is 19.7 Å². The number of rotatable bonds is 4. The van der Waals surface area contributed by atoms with Gasteiger partial charge in [-0.3, -0.25) is 14.9 Å². The summed E-state index contributed by atoms with van der Waals surface area (Å²) in [6.07, 6.45) is 6.52. The molecule has 2 aliphatic heterocycles. The van der Waals surface area contributed by atoms with Crippen molar-refractivity contribution in [1.29, 1.82) is 0 Å². The highest BCUT2D eigenvalue weighted by Crippen LogP contribution is 2.37. The molecule has 2 heterocycles. The minimum atomic E-state index is -0.917. The van der Waals surface area contributed by atoms with Gasteiger partial charge in [0.15, 0.2) is 18.1 Å². The number of amides is 1. The number of nitro groups is 1. The van der Waals surface area contributed by atoms with Crippen LogP contribution in [0.15, 0.2) is 12.1 Å². The fourth-order valence-corrected chi connectivity index (χ4v) is 4.61. The van der Waals surface area contributed by atoms with E-state index >= 15 is 0 Å². The Morgan fingerprint density at radius 2 is 1.79 bits per heavy atom. The SMILES string of the molecule is O=C(OCC(=O)N1CCC[C@H]2CCCC[C@@H]21)c1cc2c(cc1[N+](=O)[O-])OCCO2. The summed E-state index contributed by atoms with van der Waals surface area (Å²) in [5.41, 5.74) is -0.682. The first-order chi connectivity index (χ1) is 14.0. The van der Waals surface area contributed by atoms with Gasteiger partial charge in [-0.15, -0.1) is 0 Å². The van der Waals surface area contributed by atoms with Crippen molar-refractivity contribution in [3.8, 4) is 11.5 Å². The van der Waals surface area contributed by atoms with Crippen molar-refractivity contribution in [1.82, 2.24) is 4.90 Å². The van der Waals surface area contributed by atoms with Gasteiger partial charge in [-0.05, 0) is 31.6 Å². The summed E-state index contributed by atoms with van der Waals surface area (Å²) in [7, 11) is 0. The van der Waals surface area contributed by atoms with Gasteiger partial charge in [0.1, 0.15) is 18.8 Å². The van der Waals surface area contributed by atoms with Crippen LogP contribution in [0.25, 0.3) is 0 Å². The largest absolute Gasteiger partial charge is 0.486 e. The summed E-state index contributed by atoms with van der Waals surface area (Å²) in [5.74, 6) is -0.168. The van der Waals surface area contributed by atoms with Gasteiger partial charge in [0.2, 0.25) is 0 Å². The number of piperidine rings is 1. The lowest BCUT2D eigenvalue weighted by Gasteiger charge is -2.44. The average molecular weight is 404 g/mol. The van der Waals surface area contributed by atoms with E-state index in [0.717, 1.165) is 38.2 Å². The second-order valence-corrected chi connectivity index (χ2v) is 7.69. The van der Waals surface area contributed by atoms with Crippen LogP contribution in [0.4, 0.5) is 5.69 Å². The van der Waals surface area contributed by atoms with Crippen LogP contribution < -0.4 is 9.47 Å². The van der Waals surface area contributed by atoms with Gasteiger partial charge in [-0.25, -0.2) is 4.79 Å². The van der Waals surface area contributed by atoms with E-state index in [1.807, 2.05) is 4.90 Å². The van der Waals surface area contributed by atoms with Crippen LogP contribution in [0.2, 0.25) is 0 Å². The Morgan fingerprint density at radius 3 is 2.55 bits per heavy atom. The summed E-state index contributed by atoms with van der Waals surface area (Å²) in [6, 6.07) is 2.62. The zero-order valence-electron chi connectivity index (χ0n) is 16.1. The molecule has 0 unspecified atom stereocenters. The Kier molecular flexibility index (Phi) is 5.55. The van der Waals surface area contributed by atoms with Crippen molar-refractivity contribution in [2.24, 2.45) is 5.92 Å². The zero-order valence-corrected chi connectivity index (χ0v) is 16.1. The van der Waals surface area contributed by atoms with Crippen LogP contribution in [0.5, 0.6) is 11.5 Å². The second-order valence-electron chi connectivity index (χ2n) is 7.69. The molecule has 29 heavy (non-hydrogen) atoms. The lowest BCUT2D eigenvalue weighted by molar-refractivity contribution is -0.385. The van der Waals surface area contributed by atoms with E-state index in [2.05, 4.69) is 0 Å². The maximum atomic E-state index is 12.7. The van der Waals surface area contributed by atoms with Crippen LogP contribution in [-0.4, -0.2) is 54.1 Å². The number of fused-ring (bicyclic) bond motifs is 2. The van der Waals surface area contributed by atoms with E-state index in [-0.39, 0.29) is 42.2 Å². The van der Waals surface area contributed by atoms with Crippen LogP contribution in [0.3, 0.4) is 0 Å². The van der Waals surface area contributed by atoms with Gasteiger partial charge in [-0.2, -0.15) is 0 Å². The number of hydrogen-bond donors (Lipinski definition) is 0. The molecule has 1 aliphatic carbocycles. The molecule has 0 aromatic heterocycles. The second kappa shape index (κ2) is 8.26. The van der Waals surface area contributed by atoms with E-state index < -0.39 is 23.2 Å². The fraction of sp³-hybridized carbons (Fsp3) is 0.600. The van der Waals surface area contributed by atoms with Gasteiger partial charge >= 0.3 is 5.97 Å². The molecule has 2 atom stereocenters. The monoisotopic (exact) mass is 404 g/mol. The van der Waals surface area contributed by atoms with Crippen molar-refractivity contribution in [2.45, 2.75) is 44.6 Å². The number of nitrogens with zero attached hydrogens (tertiary/aromatic N) is 2. The molecule has 1 saturated carbocycles. The smallest absolute Gasteiger partial charge is 0.345 e. The molecule has 0 radical (unpaired) electrons. The minimum absolute atomic E-state index is 0.215. The van der Waals surface area contributed by atoms with Crippen LogP contribution in [0.1, 0.15) is 48.9 Å². The quantitative estimate of drug-likeness (QED) is 0.431. The van der Waals surface area contributed by atoms with Gasteiger partial charge in [0.25, 0.3) is 11.6 Å². The molecular weight excluding hydrogens is 380 g/mol. The number of carbonyl (C=O) groups excluding carboxylic acids is 2. The Balaban J connectivity index is 1.45. The Labute approximate surface area is 168 Å². The predicted octanol–water partition coefficient (Wildman–Crippen LogP) is 2.70. The number of nitro benzene ring substituents is 1. The van der Waals surface area contributed by atoms with E-state index in [0.29, 0.717) is 12.5 Å². The molecule has 0 bridgehead atoms. The first-order valence-electron chi connectivity index (χ1n) is 10.1. The van der Waals surface area contributed by atoms with E-state index in [1.54, 1.807) is 0 Å². The highest BCUT2D eigenvalue weighted by Gasteiger charge is 2.36. The third-order valence-electron chi connectivity index (χ3n) is 5.97. The van der Waals surface area contributed by atoms with Crippen molar-refractivity contribution in [2.75, 3.05) is 26.4 Å². The van der Waals surface area contributed by atoms with Gasteiger partial charge in [-0.1, -0.05) is 12.8 Å². The topological polar surface area (TPSA) is 108 Å². The Morgan fingerprint density at radius 1 is 1.10 bits per heavy atom. The molecule has 9 nitrogen and oxygen atoms in total. The van der Waals surface area contributed by atoms with Crippen LogP contribution in [0, 0.1) is 16.0 Å². The third kappa shape index (κ3) is 3.99. The number of benzene rings is 1. The normalized spacial score (nSPS) is 23.1. The van der Waals surface area contributed by atoms with E-state index in [1.165, 1.54) is 12.5 Å².